The van der Waals surface area contributed by atoms with Crippen LogP contribution < -0.4 is 16.0 Å². The zero-order valence-corrected chi connectivity index (χ0v) is 19.2. The van der Waals surface area contributed by atoms with Crippen LogP contribution in [0.2, 0.25) is 0 Å². The Morgan fingerprint density at radius 3 is 2.61 bits per heavy atom. The topological polar surface area (TPSA) is 112 Å². The Balaban J connectivity index is 1.78. The molecule has 0 bridgehead atoms. The monoisotopic (exact) mass is 450 g/mol. The van der Waals surface area contributed by atoms with E-state index in [1.165, 1.54) is 0 Å². The van der Waals surface area contributed by atoms with Crippen molar-refractivity contribution in [1.82, 2.24) is 15.3 Å². The van der Waals surface area contributed by atoms with Gasteiger partial charge in [0.15, 0.2) is 17.5 Å². The average molecular weight is 451 g/mol. The summed E-state index contributed by atoms with van der Waals surface area (Å²) in [6, 6.07) is 11.6. The second-order valence-electron chi connectivity index (χ2n) is 8.73. The molecule has 0 spiro atoms. The van der Waals surface area contributed by atoms with E-state index in [2.05, 4.69) is 25.9 Å². The molecule has 0 aliphatic carbocycles. The Morgan fingerprint density at radius 2 is 1.91 bits per heavy atom. The number of carbonyl (C=O) groups excluding carboxylic acids is 1. The van der Waals surface area contributed by atoms with E-state index in [1.807, 2.05) is 36.4 Å². The molecule has 0 radical (unpaired) electrons. The van der Waals surface area contributed by atoms with Crippen molar-refractivity contribution in [2.45, 2.75) is 52.3 Å². The van der Waals surface area contributed by atoms with Crippen LogP contribution in [0.5, 0.6) is 0 Å². The van der Waals surface area contributed by atoms with Crippen molar-refractivity contribution in [3.63, 3.8) is 0 Å². The molecular formula is C24H27FN6O2. The van der Waals surface area contributed by atoms with E-state index < -0.39 is 17.5 Å². The number of alkyl carbamates (subject to hydrolysis) is 1. The van der Waals surface area contributed by atoms with Gasteiger partial charge in [0.1, 0.15) is 11.7 Å². The summed E-state index contributed by atoms with van der Waals surface area (Å²) in [6.45, 7) is 8.87. The van der Waals surface area contributed by atoms with Gasteiger partial charge in [-0.15, -0.1) is 0 Å². The SMILES string of the molecule is C[C@H](NC(=O)OC(C)(C)C)[C@@H](C)Nc1nc(Nc2ccc3ncccc3c2)c(C#N)cc1F. The quantitative estimate of drug-likeness (QED) is 0.479. The Bertz CT molecular complexity index is 1200. The van der Waals surface area contributed by atoms with Crippen molar-refractivity contribution in [1.29, 1.82) is 5.26 Å². The number of benzene rings is 1. The molecule has 0 aliphatic heterocycles. The first-order valence-electron chi connectivity index (χ1n) is 10.5. The maximum Gasteiger partial charge on any atom is 0.407 e. The third kappa shape index (κ3) is 6.29. The molecule has 2 aromatic heterocycles. The number of pyridine rings is 2. The number of anilines is 3. The Kier molecular flexibility index (Phi) is 6.97. The normalized spacial score (nSPS) is 13.0. The van der Waals surface area contributed by atoms with Crippen LogP contribution in [0, 0.1) is 17.1 Å². The molecule has 0 fully saturated rings. The van der Waals surface area contributed by atoms with Gasteiger partial charge < -0.3 is 20.7 Å². The molecule has 8 nitrogen and oxygen atoms in total. The predicted octanol–water partition coefficient (Wildman–Crippen LogP) is 5.10. The molecule has 1 amide bonds. The first-order valence-corrected chi connectivity index (χ1v) is 10.5. The number of hydrogen-bond donors (Lipinski definition) is 3. The number of hydrogen-bond acceptors (Lipinski definition) is 7. The molecule has 172 valence electrons. The lowest BCUT2D eigenvalue weighted by Gasteiger charge is -2.26. The molecule has 3 aromatic rings. The third-order valence-electron chi connectivity index (χ3n) is 4.82. The van der Waals surface area contributed by atoms with Crippen molar-refractivity contribution in [3.8, 4) is 6.07 Å². The summed E-state index contributed by atoms with van der Waals surface area (Å²) in [5.74, 6) is -0.495. The van der Waals surface area contributed by atoms with Crippen molar-refractivity contribution >= 4 is 34.3 Å². The highest BCUT2D eigenvalue weighted by Crippen LogP contribution is 2.26. The molecule has 2 heterocycles. The first kappa shape index (κ1) is 23.7. The van der Waals surface area contributed by atoms with Crippen LogP contribution in [0.15, 0.2) is 42.6 Å². The summed E-state index contributed by atoms with van der Waals surface area (Å²) >= 11 is 0. The number of amides is 1. The number of carbonyl (C=O) groups is 1. The molecule has 2 atom stereocenters. The highest BCUT2D eigenvalue weighted by Gasteiger charge is 2.22. The summed E-state index contributed by atoms with van der Waals surface area (Å²) in [6.07, 6.45) is 1.15. The smallest absolute Gasteiger partial charge is 0.407 e. The molecule has 3 rings (SSSR count). The van der Waals surface area contributed by atoms with Crippen molar-refractivity contribution in [3.05, 3.63) is 54.0 Å². The lowest BCUT2D eigenvalue weighted by Crippen LogP contribution is -2.45. The summed E-state index contributed by atoms with van der Waals surface area (Å²) < 4.78 is 19.9. The number of fused-ring (bicyclic) bond motifs is 1. The molecule has 9 heteroatoms. The third-order valence-corrected chi connectivity index (χ3v) is 4.82. The van der Waals surface area contributed by atoms with Crippen molar-refractivity contribution in [2.24, 2.45) is 0 Å². The van der Waals surface area contributed by atoms with E-state index in [1.54, 1.807) is 40.8 Å². The minimum absolute atomic E-state index is 0.0377. The number of ether oxygens (including phenoxy) is 1. The fourth-order valence-electron chi connectivity index (χ4n) is 3.02. The van der Waals surface area contributed by atoms with E-state index in [4.69, 9.17) is 4.74 Å². The largest absolute Gasteiger partial charge is 0.444 e. The summed E-state index contributed by atoms with van der Waals surface area (Å²) in [4.78, 5) is 20.6. The highest BCUT2D eigenvalue weighted by molar-refractivity contribution is 5.83. The molecule has 0 unspecified atom stereocenters. The van der Waals surface area contributed by atoms with E-state index in [0.717, 1.165) is 17.0 Å². The number of halogens is 1. The number of nitriles is 1. The van der Waals surface area contributed by atoms with Gasteiger partial charge in [0.25, 0.3) is 0 Å². The molecule has 0 saturated heterocycles. The summed E-state index contributed by atoms with van der Waals surface area (Å²) in [5.41, 5.74) is 0.959. The van der Waals surface area contributed by atoms with Crippen LogP contribution in [-0.4, -0.2) is 33.7 Å². The van der Waals surface area contributed by atoms with Crippen LogP contribution in [0.25, 0.3) is 10.9 Å². The number of aromatic nitrogens is 2. The van der Waals surface area contributed by atoms with Crippen molar-refractivity contribution in [2.75, 3.05) is 10.6 Å². The number of nitrogens with zero attached hydrogens (tertiary/aromatic N) is 3. The van der Waals surface area contributed by atoms with Gasteiger partial charge in [-0.2, -0.15) is 5.26 Å². The number of nitrogens with one attached hydrogen (secondary N) is 3. The number of rotatable bonds is 6. The van der Waals surface area contributed by atoms with Gasteiger partial charge in [0, 0.05) is 29.4 Å². The highest BCUT2D eigenvalue weighted by atomic mass is 19.1. The van der Waals surface area contributed by atoms with Gasteiger partial charge in [-0.3, -0.25) is 4.98 Å². The lowest BCUT2D eigenvalue weighted by atomic mass is 10.1. The predicted molar refractivity (Wildman–Crippen MR) is 126 cm³/mol. The molecule has 33 heavy (non-hydrogen) atoms. The average Bonchev–Trinajstić information content (AvgIpc) is 2.74. The minimum Gasteiger partial charge on any atom is -0.444 e. The second kappa shape index (κ2) is 9.69. The molecule has 1 aromatic carbocycles. The Labute approximate surface area is 192 Å². The fraction of sp³-hybridized carbons (Fsp3) is 0.333. The van der Waals surface area contributed by atoms with E-state index >= 15 is 0 Å². The van der Waals surface area contributed by atoms with Gasteiger partial charge in [0.2, 0.25) is 0 Å². The minimum atomic E-state index is -0.670. The standard InChI is InChI=1S/C24H27FN6O2/c1-14(15(2)29-23(32)33-24(3,4)5)28-22-19(25)12-17(13-26)21(31-22)30-18-8-9-20-16(11-18)7-6-10-27-20/h6-12,14-15H,1-5H3,(H,29,32)(H2,28,30,31)/t14-,15+/m1/s1. The zero-order chi connectivity index (χ0) is 24.2. The van der Waals surface area contributed by atoms with Crippen LogP contribution in [0.4, 0.5) is 26.5 Å². The molecule has 0 aliphatic rings. The van der Waals surface area contributed by atoms with Gasteiger partial charge in [-0.05, 0) is 65.0 Å². The summed E-state index contributed by atoms with van der Waals surface area (Å²) in [5, 5.41) is 19.1. The van der Waals surface area contributed by atoms with Gasteiger partial charge >= 0.3 is 6.09 Å². The van der Waals surface area contributed by atoms with E-state index in [0.29, 0.717) is 5.69 Å². The molecule has 0 saturated carbocycles. The lowest BCUT2D eigenvalue weighted by molar-refractivity contribution is 0.0504. The Hall–Kier alpha value is -3.93. The maximum atomic E-state index is 14.6. The molecule has 3 N–H and O–H groups in total. The first-order chi connectivity index (χ1) is 15.6. The van der Waals surface area contributed by atoms with E-state index in [-0.39, 0.29) is 29.3 Å². The van der Waals surface area contributed by atoms with Crippen molar-refractivity contribution < 1.29 is 13.9 Å². The maximum absolute atomic E-state index is 14.6. The van der Waals surface area contributed by atoms with Crippen LogP contribution in [-0.2, 0) is 4.74 Å². The van der Waals surface area contributed by atoms with E-state index in [9.17, 15) is 14.4 Å². The summed E-state index contributed by atoms with van der Waals surface area (Å²) in [7, 11) is 0. The van der Waals surface area contributed by atoms with Gasteiger partial charge in [-0.1, -0.05) is 6.07 Å². The molecular weight excluding hydrogens is 423 g/mol. The van der Waals surface area contributed by atoms with Crippen LogP contribution in [0.3, 0.4) is 0 Å². The fourth-order valence-corrected chi connectivity index (χ4v) is 3.02. The Morgan fingerprint density at radius 1 is 1.15 bits per heavy atom. The zero-order valence-electron chi connectivity index (χ0n) is 19.2. The second-order valence-corrected chi connectivity index (χ2v) is 8.73. The van der Waals surface area contributed by atoms with Crippen LogP contribution >= 0.6 is 0 Å². The van der Waals surface area contributed by atoms with Gasteiger partial charge in [0.05, 0.1) is 11.1 Å². The van der Waals surface area contributed by atoms with Crippen LogP contribution in [0.1, 0.15) is 40.2 Å². The van der Waals surface area contributed by atoms with Gasteiger partial charge in [-0.25, -0.2) is 14.2 Å².